The van der Waals surface area contributed by atoms with Crippen LogP contribution in [0, 0.1) is 12.8 Å². The molecule has 0 unspecified atom stereocenters. The summed E-state index contributed by atoms with van der Waals surface area (Å²) < 4.78 is 19.6. The minimum atomic E-state index is -1.29. The average Bonchev–Trinajstić information content (AvgIpc) is 3.03. The van der Waals surface area contributed by atoms with Gasteiger partial charge in [-0.15, -0.1) is 0 Å². The number of aromatic nitrogens is 2. The number of pyridine rings is 2. The predicted octanol–water partition coefficient (Wildman–Crippen LogP) is 3.61. The minimum absolute atomic E-state index is 0.121. The number of aryl methyl sites for hydroxylation is 2. The van der Waals surface area contributed by atoms with Crippen molar-refractivity contribution in [1.29, 1.82) is 0 Å². The normalized spacial score (nSPS) is 17.9. The van der Waals surface area contributed by atoms with E-state index in [9.17, 15) is 0 Å². The first kappa shape index (κ1) is 11.0. The van der Waals surface area contributed by atoms with Crippen LogP contribution in [0.4, 0.5) is 0 Å². The van der Waals surface area contributed by atoms with E-state index in [2.05, 4.69) is 4.98 Å². The van der Waals surface area contributed by atoms with E-state index in [4.69, 9.17) is 2.74 Å². The first-order valence-electron chi connectivity index (χ1n) is 8.42. The van der Waals surface area contributed by atoms with E-state index in [1.165, 1.54) is 0 Å². The lowest BCUT2D eigenvalue weighted by atomic mass is 9.93. The van der Waals surface area contributed by atoms with Gasteiger partial charge in [0.05, 0.1) is 5.56 Å². The lowest BCUT2D eigenvalue weighted by Crippen LogP contribution is -2.32. The number of nitrogens with zero attached hydrogens (tertiary/aromatic N) is 2. The molecule has 20 heavy (non-hydrogen) atoms. The van der Waals surface area contributed by atoms with Gasteiger partial charge >= 0.3 is 0 Å². The standard InChI is InChI=1S/C18H23N2/c1-14-13-19-10-9-17(14)18-16(8-5-11-20(18)2)12-15-6-3-4-7-15/h5,8-11,13,15H,3-4,6-7,12H2,1-2H3/q+1/i12D2. The number of hydrogen-bond donors (Lipinski definition) is 0. The highest BCUT2D eigenvalue weighted by Gasteiger charge is 2.22. The summed E-state index contributed by atoms with van der Waals surface area (Å²) in [6, 6.07) is 5.88. The fourth-order valence-electron chi connectivity index (χ4n) is 3.09. The zero-order valence-corrected chi connectivity index (χ0v) is 12.3. The molecule has 2 aromatic rings. The molecule has 0 spiro atoms. The smallest absolute Gasteiger partial charge is 0.215 e. The zero-order valence-electron chi connectivity index (χ0n) is 14.3. The Bertz CT molecular complexity index is 677. The minimum Gasteiger partial charge on any atom is -0.264 e. The molecule has 0 saturated heterocycles. The Labute approximate surface area is 124 Å². The molecule has 0 amide bonds. The third-order valence-electron chi connectivity index (χ3n) is 4.17. The zero-order chi connectivity index (χ0) is 15.7. The highest BCUT2D eigenvalue weighted by Crippen LogP contribution is 2.31. The van der Waals surface area contributed by atoms with E-state index < -0.39 is 6.37 Å². The SMILES string of the molecule is [2H]C([2H])(c1ccc[n+](C)c1-c1ccncc1C)C1CCCC1. The molecule has 1 aliphatic carbocycles. The van der Waals surface area contributed by atoms with Crippen LogP contribution in [0.3, 0.4) is 0 Å². The van der Waals surface area contributed by atoms with Crippen molar-refractivity contribution in [3.05, 3.63) is 47.9 Å². The van der Waals surface area contributed by atoms with Gasteiger partial charge in [0.25, 0.3) is 0 Å². The Morgan fingerprint density at radius 3 is 2.90 bits per heavy atom. The fourth-order valence-corrected chi connectivity index (χ4v) is 3.09. The monoisotopic (exact) mass is 269 g/mol. The van der Waals surface area contributed by atoms with Crippen LogP contribution in [0.5, 0.6) is 0 Å². The maximum absolute atomic E-state index is 8.76. The summed E-state index contributed by atoms with van der Waals surface area (Å²) in [4.78, 5) is 4.17. The molecule has 2 heteroatoms. The van der Waals surface area contributed by atoms with Crippen LogP contribution in [0.2, 0.25) is 0 Å². The van der Waals surface area contributed by atoms with Gasteiger partial charge in [-0.3, -0.25) is 4.98 Å². The maximum atomic E-state index is 8.76. The highest BCUT2D eigenvalue weighted by atomic mass is 14.9. The molecule has 3 rings (SSSR count). The Hall–Kier alpha value is -1.70. The molecule has 0 N–H and O–H groups in total. The van der Waals surface area contributed by atoms with Crippen LogP contribution in [-0.2, 0) is 13.4 Å². The Kier molecular flexibility index (Phi) is 3.16. The van der Waals surface area contributed by atoms with Crippen LogP contribution in [0.25, 0.3) is 11.3 Å². The molecule has 0 aromatic carbocycles. The van der Waals surface area contributed by atoms with E-state index in [-0.39, 0.29) is 5.92 Å². The molecule has 104 valence electrons. The molecule has 1 fully saturated rings. The van der Waals surface area contributed by atoms with Crippen molar-refractivity contribution < 1.29 is 7.31 Å². The molecule has 0 radical (unpaired) electrons. The average molecular weight is 269 g/mol. The van der Waals surface area contributed by atoms with Gasteiger partial charge in [-0.2, -0.15) is 0 Å². The van der Waals surface area contributed by atoms with Crippen LogP contribution in [-0.4, -0.2) is 4.98 Å². The second kappa shape index (κ2) is 5.74. The predicted molar refractivity (Wildman–Crippen MR) is 81.2 cm³/mol. The van der Waals surface area contributed by atoms with Crippen LogP contribution in [0.1, 0.15) is 39.6 Å². The lowest BCUT2D eigenvalue weighted by Gasteiger charge is -2.12. The van der Waals surface area contributed by atoms with E-state index in [1.54, 1.807) is 6.20 Å². The summed E-state index contributed by atoms with van der Waals surface area (Å²) in [6.45, 7) is 2.03. The van der Waals surface area contributed by atoms with Crippen molar-refractivity contribution in [1.82, 2.24) is 4.98 Å². The number of hydrogen-bond acceptors (Lipinski definition) is 1. The van der Waals surface area contributed by atoms with Gasteiger partial charge in [0.2, 0.25) is 5.69 Å². The topological polar surface area (TPSA) is 16.8 Å². The van der Waals surface area contributed by atoms with Crippen molar-refractivity contribution in [3.8, 4) is 11.3 Å². The summed E-state index contributed by atoms with van der Waals surface area (Å²) in [5.74, 6) is 0.121. The molecule has 0 bridgehead atoms. The van der Waals surface area contributed by atoms with Gasteiger partial charge in [-0.05, 0) is 36.9 Å². The second-order valence-electron chi connectivity index (χ2n) is 5.70. The van der Waals surface area contributed by atoms with Crippen LogP contribution < -0.4 is 4.57 Å². The van der Waals surface area contributed by atoms with Crippen molar-refractivity contribution >= 4 is 0 Å². The largest absolute Gasteiger partial charge is 0.264 e. The van der Waals surface area contributed by atoms with Crippen LogP contribution >= 0.6 is 0 Å². The Balaban J connectivity index is 2.17. The van der Waals surface area contributed by atoms with Crippen molar-refractivity contribution in [2.24, 2.45) is 13.0 Å². The summed E-state index contributed by atoms with van der Waals surface area (Å²) in [6.07, 6.45) is 8.59. The number of rotatable bonds is 3. The van der Waals surface area contributed by atoms with Crippen molar-refractivity contribution in [3.63, 3.8) is 0 Å². The molecule has 1 saturated carbocycles. The molecular weight excluding hydrogens is 244 g/mol. The van der Waals surface area contributed by atoms with E-state index in [1.807, 2.05) is 49.1 Å². The second-order valence-corrected chi connectivity index (χ2v) is 5.70. The van der Waals surface area contributed by atoms with E-state index in [0.717, 1.165) is 48.1 Å². The molecule has 2 nitrogen and oxygen atoms in total. The van der Waals surface area contributed by atoms with Gasteiger partial charge in [0, 0.05) is 26.8 Å². The third kappa shape index (κ3) is 2.60. The molecule has 2 aromatic heterocycles. The Morgan fingerprint density at radius 2 is 2.15 bits per heavy atom. The molecule has 1 aliphatic rings. The van der Waals surface area contributed by atoms with Gasteiger partial charge in [-0.1, -0.05) is 25.7 Å². The molecular formula is C18H23N2+. The summed E-state index contributed by atoms with van der Waals surface area (Å²) in [5.41, 5.74) is 3.92. The fraction of sp³-hybridized carbons (Fsp3) is 0.444. The van der Waals surface area contributed by atoms with Crippen molar-refractivity contribution in [2.75, 3.05) is 0 Å². The summed E-state index contributed by atoms with van der Waals surface area (Å²) in [7, 11) is 1.99. The van der Waals surface area contributed by atoms with Crippen molar-refractivity contribution in [2.45, 2.75) is 39.0 Å². The molecule has 0 aliphatic heterocycles. The first-order chi connectivity index (χ1) is 10.5. The molecule has 0 atom stereocenters. The third-order valence-corrected chi connectivity index (χ3v) is 4.17. The summed E-state index contributed by atoms with van der Waals surface area (Å²) >= 11 is 0. The quantitative estimate of drug-likeness (QED) is 0.778. The van der Waals surface area contributed by atoms with Crippen LogP contribution in [0.15, 0.2) is 36.8 Å². The van der Waals surface area contributed by atoms with Gasteiger partial charge in [-0.25, -0.2) is 4.57 Å². The highest BCUT2D eigenvalue weighted by molar-refractivity contribution is 5.63. The Morgan fingerprint density at radius 1 is 1.35 bits per heavy atom. The molecule has 2 heterocycles. The van der Waals surface area contributed by atoms with E-state index in [0.29, 0.717) is 0 Å². The van der Waals surface area contributed by atoms with Gasteiger partial charge in [0.15, 0.2) is 6.20 Å². The lowest BCUT2D eigenvalue weighted by molar-refractivity contribution is -0.660. The van der Waals surface area contributed by atoms with Gasteiger partial charge in [0.1, 0.15) is 7.05 Å². The van der Waals surface area contributed by atoms with E-state index >= 15 is 0 Å². The van der Waals surface area contributed by atoms with Gasteiger partial charge < -0.3 is 0 Å². The maximum Gasteiger partial charge on any atom is 0.215 e. The summed E-state index contributed by atoms with van der Waals surface area (Å²) in [5, 5.41) is 0. The first-order valence-corrected chi connectivity index (χ1v) is 7.42.